The lowest BCUT2D eigenvalue weighted by molar-refractivity contribution is 0.317. The van der Waals surface area contributed by atoms with Crippen molar-refractivity contribution in [2.75, 3.05) is 50.1 Å². The van der Waals surface area contributed by atoms with Gasteiger partial charge in [0.05, 0.1) is 6.54 Å². The first-order valence-corrected chi connectivity index (χ1v) is 9.97. The highest BCUT2D eigenvalue weighted by atomic mass is 15.3. The standard InChI is InChI=1S/C19H30N8/c1-24(2)18-19(21-9-8-20-18)27-12-6-7-15(13-27)17-23-22-16(25(17)3)14-26-10-4-5-11-26/h8-9,15H,4-7,10-14H2,1-3H3/t15-/m0/s1. The smallest absolute Gasteiger partial charge is 0.171 e. The lowest BCUT2D eigenvalue weighted by atomic mass is 9.97. The molecule has 2 aliphatic heterocycles. The molecule has 8 nitrogen and oxygen atoms in total. The van der Waals surface area contributed by atoms with E-state index in [4.69, 9.17) is 0 Å². The van der Waals surface area contributed by atoms with Crippen LogP contribution in [-0.4, -0.2) is 69.9 Å². The third-order valence-electron chi connectivity index (χ3n) is 5.73. The van der Waals surface area contributed by atoms with E-state index in [2.05, 4.69) is 41.6 Å². The van der Waals surface area contributed by atoms with Crippen molar-refractivity contribution in [1.82, 2.24) is 29.6 Å². The second kappa shape index (κ2) is 7.80. The van der Waals surface area contributed by atoms with Crippen LogP contribution in [-0.2, 0) is 13.6 Å². The normalized spacial score (nSPS) is 21.0. The van der Waals surface area contributed by atoms with Gasteiger partial charge in [-0.2, -0.15) is 0 Å². The van der Waals surface area contributed by atoms with Gasteiger partial charge in [0.25, 0.3) is 0 Å². The number of piperidine rings is 1. The zero-order valence-electron chi connectivity index (χ0n) is 16.7. The minimum Gasteiger partial charge on any atom is -0.360 e. The van der Waals surface area contributed by atoms with Crippen LogP contribution in [0, 0.1) is 0 Å². The van der Waals surface area contributed by atoms with Crippen molar-refractivity contribution in [1.29, 1.82) is 0 Å². The minimum atomic E-state index is 0.376. The van der Waals surface area contributed by atoms with Crippen LogP contribution in [0.2, 0.25) is 0 Å². The van der Waals surface area contributed by atoms with E-state index in [1.165, 1.54) is 25.9 Å². The van der Waals surface area contributed by atoms with E-state index < -0.39 is 0 Å². The quantitative estimate of drug-likeness (QED) is 0.793. The molecule has 8 heteroatoms. The second-order valence-corrected chi connectivity index (χ2v) is 7.90. The monoisotopic (exact) mass is 370 g/mol. The molecule has 2 aliphatic rings. The molecular weight excluding hydrogens is 340 g/mol. The molecule has 0 radical (unpaired) electrons. The van der Waals surface area contributed by atoms with Crippen molar-refractivity contribution < 1.29 is 0 Å². The molecule has 0 aromatic carbocycles. The highest BCUT2D eigenvalue weighted by molar-refractivity contribution is 5.61. The molecule has 2 saturated heterocycles. The molecule has 0 bridgehead atoms. The third kappa shape index (κ3) is 3.76. The molecule has 2 fully saturated rings. The predicted octanol–water partition coefficient (Wildman–Crippen LogP) is 1.65. The van der Waals surface area contributed by atoms with Crippen LogP contribution >= 0.6 is 0 Å². The van der Waals surface area contributed by atoms with Gasteiger partial charge in [-0.3, -0.25) is 4.90 Å². The van der Waals surface area contributed by atoms with E-state index in [9.17, 15) is 0 Å². The number of likely N-dealkylation sites (tertiary alicyclic amines) is 1. The van der Waals surface area contributed by atoms with E-state index in [1.807, 2.05) is 19.0 Å². The molecule has 27 heavy (non-hydrogen) atoms. The van der Waals surface area contributed by atoms with Gasteiger partial charge in [0.2, 0.25) is 0 Å². The second-order valence-electron chi connectivity index (χ2n) is 7.90. The van der Waals surface area contributed by atoms with Gasteiger partial charge < -0.3 is 14.4 Å². The fourth-order valence-corrected chi connectivity index (χ4v) is 4.25. The summed E-state index contributed by atoms with van der Waals surface area (Å²) in [6.07, 6.45) is 8.41. The number of aromatic nitrogens is 5. The van der Waals surface area contributed by atoms with E-state index >= 15 is 0 Å². The van der Waals surface area contributed by atoms with Crippen LogP contribution in [0.3, 0.4) is 0 Å². The Hall–Kier alpha value is -2.22. The van der Waals surface area contributed by atoms with E-state index in [-0.39, 0.29) is 0 Å². The Balaban J connectivity index is 1.51. The number of nitrogens with zero attached hydrogens (tertiary/aromatic N) is 8. The van der Waals surface area contributed by atoms with Gasteiger partial charge in [-0.15, -0.1) is 10.2 Å². The Morgan fingerprint density at radius 1 is 1.04 bits per heavy atom. The van der Waals surface area contributed by atoms with Crippen molar-refractivity contribution in [2.45, 2.75) is 38.1 Å². The Morgan fingerprint density at radius 2 is 1.81 bits per heavy atom. The maximum atomic E-state index is 4.62. The summed E-state index contributed by atoms with van der Waals surface area (Å²) in [4.78, 5) is 16.0. The first-order chi connectivity index (χ1) is 13.1. The predicted molar refractivity (Wildman–Crippen MR) is 106 cm³/mol. The molecule has 0 N–H and O–H groups in total. The molecule has 4 rings (SSSR count). The maximum absolute atomic E-state index is 4.62. The minimum absolute atomic E-state index is 0.376. The first kappa shape index (κ1) is 18.2. The van der Waals surface area contributed by atoms with Gasteiger partial charge in [0.1, 0.15) is 11.6 Å². The van der Waals surface area contributed by atoms with Crippen molar-refractivity contribution in [3.05, 3.63) is 24.0 Å². The number of hydrogen-bond acceptors (Lipinski definition) is 7. The number of anilines is 2. The summed E-state index contributed by atoms with van der Waals surface area (Å²) >= 11 is 0. The number of hydrogen-bond donors (Lipinski definition) is 0. The van der Waals surface area contributed by atoms with Crippen molar-refractivity contribution in [3.63, 3.8) is 0 Å². The highest BCUT2D eigenvalue weighted by Crippen LogP contribution is 2.31. The highest BCUT2D eigenvalue weighted by Gasteiger charge is 2.28. The number of rotatable bonds is 5. The van der Waals surface area contributed by atoms with Crippen LogP contribution < -0.4 is 9.80 Å². The van der Waals surface area contributed by atoms with Gasteiger partial charge in [-0.1, -0.05) is 0 Å². The molecule has 146 valence electrons. The Morgan fingerprint density at radius 3 is 2.59 bits per heavy atom. The van der Waals surface area contributed by atoms with Crippen molar-refractivity contribution in [2.24, 2.45) is 7.05 Å². The lowest BCUT2D eigenvalue weighted by Crippen LogP contribution is -2.37. The van der Waals surface area contributed by atoms with Crippen LogP contribution in [0.1, 0.15) is 43.3 Å². The third-order valence-corrected chi connectivity index (χ3v) is 5.73. The van der Waals surface area contributed by atoms with Gasteiger partial charge in [0, 0.05) is 52.5 Å². The molecule has 4 heterocycles. The summed E-state index contributed by atoms with van der Waals surface area (Å²) < 4.78 is 2.22. The van der Waals surface area contributed by atoms with E-state index in [1.54, 1.807) is 12.4 Å². The molecule has 0 unspecified atom stereocenters. The molecule has 0 saturated carbocycles. The molecular formula is C19H30N8. The molecule has 0 amide bonds. The summed E-state index contributed by atoms with van der Waals surface area (Å²) in [5, 5.41) is 9.09. The van der Waals surface area contributed by atoms with Crippen molar-refractivity contribution in [3.8, 4) is 0 Å². The largest absolute Gasteiger partial charge is 0.360 e. The molecule has 2 aromatic rings. The average Bonchev–Trinajstić information content (AvgIpc) is 3.33. The van der Waals surface area contributed by atoms with Crippen LogP contribution in [0.25, 0.3) is 0 Å². The summed E-state index contributed by atoms with van der Waals surface area (Å²) in [7, 11) is 6.15. The summed E-state index contributed by atoms with van der Waals surface area (Å²) in [6.45, 7) is 5.19. The Labute approximate surface area is 161 Å². The molecule has 1 atom stereocenters. The Kier molecular flexibility index (Phi) is 5.24. The van der Waals surface area contributed by atoms with Crippen LogP contribution in [0.4, 0.5) is 11.6 Å². The molecule has 0 aliphatic carbocycles. The van der Waals surface area contributed by atoms with Crippen LogP contribution in [0.5, 0.6) is 0 Å². The molecule has 0 spiro atoms. The average molecular weight is 371 g/mol. The SMILES string of the molecule is CN(C)c1nccnc1N1CCC[C@H](c2nnc(CN3CCCC3)n2C)C1. The molecule has 2 aromatic heterocycles. The lowest BCUT2D eigenvalue weighted by Gasteiger charge is -2.34. The van der Waals surface area contributed by atoms with Gasteiger partial charge in [-0.25, -0.2) is 9.97 Å². The fourth-order valence-electron chi connectivity index (χ4n) is 4.25. The van der Waals surface area contributed by atoms with Gasteiger partial charge >= 0.3 is 0 Å². The van der Waals surface area contributed by atoms with E-state index in [0.717, 1.165) is 55.8 Å². The van der Waals surface area contributed by atoms with E-state index in [0.29, 0.717) is 5.92 Å². The van der Waals surface area contributed by atoms with Crippen LogP contribution in [0.15, 0.2) is 12.4 Å². The zero-order chi connectivity index (χ0) is 18.8. The fraction of sp³-hybridized carbons (Fsp3) is 0.684. The van der Waals surface area contributed by atoms with Gasteiger partial charge in [-0.05, 0) is 38.8 Å². The summed E-state index contributed by atoms with van der Waals surface area (Å²) in [6, 6.07) is 0. The van der Waals surface area contributed by atoms with Gasteiger partial charge in [0.15, 0.2) is 11.6 Å². The summed E-state index contributed by atoms with van der Waals surface area (Å²) in [5.74, 6) is 4.44. The maximum Gasteiger partial charge on any atom is 0.171 e. The zero-order valence-corrected chi connectivity index (χ0v) is 16.7. The first-order valence-electron chi connectivity index (χ1n) is 9.97. The topological polar surface area (TPSA) is 66.2 Å². The Bertz CT molecular complexity index is 765. The summed E-state index contributed by atoms with van der Waals surface area (Å²) in [5.41, 5.74) is 0. The van der Waals surface area contributed by atoms with Crippen molar-refractivity contribution >= 4 is 11.6 Å².